The molecule has 1 aromatic rings. The molecule has 1 saturated heterocycles. The van der Waals surface area contributed by atoms with Crippen molar-refractivity contribution in [1.29, 1.82) is 0 Å². The minimum atomic E-state index is 0.0556. The molecule has 0 radical (unpaired) electrons. The number of aliphatic hydroxyl groups is 1. The average Bonchev–Trinajstić information content (AvgIpc) is 3.41. The van der Waals surface area contributed by atoms with Gasteiger partial charge in [-0.1, -0.05) is 12.1 Å². The number of likely N-dealkylation sites (tertiary alicyclic amines) is 1. The highest BCUT2D eigenvalue weighted by molar-refractivity contribution is 5.81. The first-order valence-corrected chi connectivity index (χ1v) is 8.46. The number of hydrogen-bond acceptors (Lipinski definition) is 4. The predicted molar refractivity (Wildman–Crippen MR) is 88.1 cm³/mol. The normalized spacial score (nSPS) is 25.1. The molecular formula is C18H26N2O3. The van der Waals surface area contributed by atoms with Gasteiger partial charge in [0, 0.05) is 37.6 Å². The number of nitrogens with zero attached hydrogens (tertiary/aromatic N) is 1. The zero-order chi connectivity index (χ0) is 16.2. The number of amides is 1. The summed E-state index contributed by atoms with van der Waals surface area (Å²) in [5.74, 6) is 1.41. The molecule has 2 N–H and O–H groups in total. The van der Waals surface area contributed by atoms with E-state index in [1.807, 2.05) is 12.1 Å². The first kappa shape index (κ1) is 16.3. The fourth-order valence-corrected chi connectivity index (χ4v) is 3.23. The number of nitrogens with one attached hydrogen (secondary N) is 1. The van der Waals surface area contributed by atoms with E-state index in [0.29, 0.717) is 0 Å². The maximum atomic E-state index is 12.0. The van der Waals surface area contributed by atoms with Gasteiger partial charge in [0.2, 0.25) is 5.91 Å². The lowest BCUT2D eigenvalue weighted by Crippen LogP contribution is -2.53. The van der Waals surface area contributed by atoms with Gasteiger partial charge in [-0.05, 0) is 43.5 Å². The number of aliphatic hydroxyl groups excluding tert-OH is 1. The van der Waals surface area contributed by atoms with Crippen LogP contribution in [-0.2, 0) is 11.3 Å². The fraction of sp³-hybridized carbons (Fsp3) is 0.611. The van der Waals surface area contributed by atoms with Crippen LogP contribution in [0.15, 0.2) is 24.3 Å². The van der Waals surface area contributed by atoms with Crippen LogP contribution in [0.3, 0.4) is 0 Å². The number of benzene rings is 1. The molecule has 0 unspecified atom stereocenters. The second kappa shape index (κ2) is 7.32. The Balaban J connectivity index is 1.58. The third-order valence-corrected chi connectivity index (χ3v) is 4.92. The first-order chi connectivity index (χ1) is 11.2. The quantitative estimate of drug-likeness (QED) is 0.832. The Morgan fingerprint density at radius 1 is 1.30 bits per heavy atom. The van der Waals surface area contributed by atoms with E-state index in [2.05, 4.69) is 22.3 Å². The molecule has 1 aliphatic carbocycles. The van der Waals surface area contributed by atoms with Crippen molar-refractivity contribution in [2.24, 2.45) is 11.8 Å². The summed E-state index contributed by atoms with van der Waals surface area (Å²) >= 11 is 0. The Hall–Kier alpha value is -1.59. The van der Waals surface area contributed by atoms with Crippen LogP contribution in [0.5, 0.6) is 5.75 Å². The summed E-state index contributed by atoms with van der Waals surface area (Å²) in [6.07, 6.45) is 2.94. The summed E-state index contributed by atoms with van der Waals surface area (Å²) < 4.78 is 5.19. The number of ether oxygens (including phenoxy) is 1. The van der Waals surface area contributed by atoms with Crippen molar-refractivity contribution in [3.8, 4) is 5.75 Å². The first-order valence-electron chi connectivity index (χ1n) is 8.46. The van der Waals surface area contributed by atoms with Crippen molar-refractivity contribution < 1.29 is 14.6 Å². The van der Waals surface area contributed by atoms with E-state index >= 15 is 0 Å². The van der Waals surface area contributed by atoms with Gasteiger partial charge in [0.1, 0.15) is 5.75 Å². The van der Waals surface area contributed by atoms with Gasteiger partial charge in [-0.15, -0.1) is 0 Å². The highest BCUT2D eigenvalue weighted by Crippen LogP contribution is 2.30. The molecule has 1 amide bonds. The third-order valence-electron chi connectivity index (χ3n) is 4.92. The van der Waals surface area contributed by atoms with Gasteiger partial charge >= 0.3 is 0 Å². The van der Waals surface area contributed by atoms with Crippen LogP contribution in [-0.4, -0.2) is 48.8 Å². The van der Waals surface area contributed by atoms with E-state index in [1.165, 1.54) is 5.56 Å². The molecule has 3 rings (SSSR count). The van der Waals surface area contributed by atoms with E-state index < -0.39 is 0 Å². The van der Waals surface area contributed by atoms with Crippen LogP contribution < -0.4 is 10.1 Å². The van der Waals surface area contributed by atoms with Crippen LogP contribution in [0.1, 0.15) is 24.8 Å². The molecule has 1 aromatic carbocycles. The Bertz CT molecular complexity index is 528. The summed E-state index contributed by atoms with van der Waals surface area (Å²) in [6, 6.07) is 8.16. The van der Waals surface area contributed by atoms with Crippen LogP contribution in [0.4, 0.5) is 0 Å². The molecule has 5 heteroatoms. The minimum absolute atomic E-state index is 0.0556. The van der Waals surface area contributed by atoms with Crippen molar-refractivity contribution in [3.05, 3.63) is 29.8 Å². The molecule has 0 spiro atoms. The maximum Gasteiger partial charge on any atom is 0.223 e. The van der Waals surface area contributed by atoms with Gasteiger partial charge in [-0.2, -0.15) is 0 Å². The molecule has 5 nitrogen and oxygen atoms in total. The van der Waals surface area contributed by atoms with Gasteiger partial charge in [0.05, 0.1) is 7.11 Å². The van der Waals surface area contributed by atoms with Gasteiger partial charge in [0.25, 0.3) is 0 Å². The summed E-state index contributed by atoms with van der Waals surface area (Å²) in [5, 5.41) is 12.7. The molecule has 0 bridgehead atoms. The Labute approximate surface area is 137 Å². The fourth-order valence-electron chi connectivity index (χ4n) is 3.23. The average molecular weight is 318 g/mol. The smallest absolute Gasteiger partial charge is 0.223 e. The number of carbonyl (C=O) groups excluding carboxylic acids is 1. The van der Waals surface area contributed by atoms with E-state index in [4.69, 9.17) is 4.74 Å². The Kier molecular flexibility index (Phi) is 5.18. The van der Waals surface area contributed by atoms with E-state index in [0.717, 1.165) is 44.6 Å². The van der Waals surface area contributed by atoms with Crippen LogP contribution in [0.25, 0.3) is 0 Å². The lowest BCUT2D eigenvalue weighted by molar-refractivity contribution is -0.124. The molecule has 2 fully saturated rings. The van der Waals surface area contributed by atoms with Crippen molar-refractivity contribution in [2.45, 2.75) is 31.8 Å². The SMILES string of the molecule is COc1ccc(CN2CC[C@H](CO)[C@H](NC(=O)C3CC3)C2)cc1. The zero-order valence-corrected chi connectivity index (χ0v) is 13.7. The lowest BCUT2D eigenvalue weighted by atomic mass is 9.91. The molecule has 1 saturated carbocycles. The largest absolute Gasteiger partial charge is 0.497 e. The maximum absolute atomic E-state index is 12.0. The molecule has 1 aliphatic heterocycles. The lowest BCUT2D eigenvalue weighted by Gasteiger charge is -2.38. The summed E-state index contributed by atoms with van der Waals surface area (Å²) in [7, 11) is 1.67. The standard InChI is InChI=1S/C18H26N2O3/c1-23-16-6-2-13(3-7-16)10-20-9-8-15(12-21)17(11-20)19-18(22)14-4-5-14/h2-3,6-7,14-15,17,21H,4-5,8-12H2,1H3,(H,19,22)/t15-,17-/m1/s1. The monoisotopic (exact) mass is 318 g/mol. The molecule has 23 heavy (non-hydrogen) atoms. The minimum Gasteiger partial charge on any atom is -0.497 e. The predicted octanol–water partition coefficient (Wildman–Crippen LogP) is 1.40. The Morgan fingerprint density at radius 2 is 2.04 bits per heavy atom. The Morgan fingerprint density at radius 3 is 2.65 bits per heavy atom. The summed E-state index contributed by atoms with van der Waals surface area (Å²) in [4.78, 5) is 14.4. The second-order valence-electron chi connectivity index (χ2n) is 6.70. The molecule has 2 atom stereocenters. The van der Waals surface area contributed by atoms with Crippen LogP contribution in [0.2, 0.25) is 0 Å². The van der Waals surface area contributed by atoms with Crippen molar-refractivity contribution in [3.63, 3.8) is 0 Å². The summed E-state index contributed by atoms with van der Waals surface area (Å²) in [5.41, 5.74) is 1.24. The van der Waals surface area contributed by atoms with Crippen LogP contribution in [0, 0.1) is 11.8 Å². The second-order valence-corrected chi connectivity index (χ2v) is 6.70. The number of piperidine rings is 1. The molecule has 0 aromatic heterocycles. The summed E-state index contributed by atoms with van der Waals surface area (Å²) in [6.45, 7) is 2.76. The number of rotatable bonds is 6. The van der Waals surface area contributed by atoms with Crippen molar-refractivity contribution >= 4 is 5.91 Å². The van der Waals surface area contributed by atoms with Gasteiger partial charge < -0.3 is 15.2 Å². The van der Waals surface area contributed by atoms with Crippen molar-refractivity contribution in [2.75, 3.05) is 26.8 Å². The van der Waals surface area contributed by atoms with E-state index in [1.54, 1.807) is 7.11 Å². The number of methoxy groups -OCH3 is 1. The van der Waals surface area contributed by atoms with Gasteiger partial charge in [-0.3, -0.25) is 9.69 Å². The highest BCUT2D eigenvalue weighted by atomic mass is 16.5. The number of hydrogen-bond donors (Lipinski definition) is 2. The van der Waals surface area contributed by atoms with E-state index in [9.17, 15) is 9.90 Å². The van der Waals surface area contributed by atoms with Crippen LogP contribution >= 0.6 is 0 Å². The van der Waals surface area contributed by atoms with Gasteiger partial charge in [0.15, 0.2) is 0 Å². The zero-order valence-electron chi connectivity index (χ0n) is 13.7. The molecule has 126 valence electrons. The number of carbonyl (C=O) groups is 1. The molecule has 2 aliphatic rings. The van der Waals surface area contributed by atoms with Crippen molar-refractivity contribution in [1.82, 2.24) is 10.2 Å². The third kappa shape index (κ3) is 4.24. The van der Waals surface area contributed by atoms with E-state index in [-0.39, 0.29) is 30.4 Å². The highest BCUT2D eigenvalue weighted by Gasteiger charge is 2.35. The molecular weight excluding hydrogens is 292 g/mol. The van der Waals surface area contributed by atoms with Gasteiger partial charge in [-0.25, -0.2) is 0 Å². The topological polar surface area (TPSA) is 61.8 Å². The molecule has 1 heterocycles.